The molecule has 3 aliphatic heterocycles. The molecule has 0 aliphatic carbocycles. The Bertz CT molecular complexity index is 875. The fraction of sp³-hybridized carbons (Fsp3) is 0.682. The summed E-state index contributed by atoms with van der Waals surface area (Å²) < 4.78 is 1.77. The minimum absolute atomic E-state index is 0.131. The second kappa shape index (κ2) is 7.14. The van der Waals surface area contributed by atoms with Crippen molar-refractivity contribution in [3.05, 3.63) is 29.7 Å². The van der Waals surface area contributed by atoms with E-state index < -0.39 is 0 Å². The summed E-state index contributed by atoms with van der Waals surface area (Å²) in [6.45, 7) is 7.23. The molecule has 0 saturated carbocycles. The molecule has 28 heavy (non-hydrogen) atoms. The van der Waals surface area contributed by atoms with Gasteiger partial charge in [-0.1, -0.05) is 19.8 Å². The van der Waals surface area contributed by atoms with Crippen LogP contribution in [-0.2, 0) is 0 Å². The van der Waals surface area contributed by atoms with Gasteiger partial charge in [0.05, 0.1) is 17.5 Å². The topological polar surface area (TPSA) is 53.7 Å². The van der Waals surface area contributed by atoms with Crippen LogP contribution in [-0.4, -0.2) is 62.0 Å². The van der Waals surface area contributed by atoms with Crippen LogP contribution in [0.4, 0.5) is 0 Å². The first-order valence-electron chi connectivity index (χ1n) is 11.0. The maximum absolute atomic E-state index is 13.4. The van der Waals surface area contributed by atoms with E-state index in [-0.39, 0.29) is 5.91 Å². The van der Waals surface area contributed by atoms with Crippen LogP contribution < -0.4 is 0 Å². The third kappa shape index (κ3) is 2.93. The summed E-state index contributed by atoms with van der Waals surface area (Å²) in [5.74, 6) is 1.36. The van der Waals surface area contributed by atoms with Crippen molar-refractivity contribution in [2.24, 2.45) is 11.8 Å². The number of amides is 1. The summed E-state index contributed by atoms with van der Waals surface area (Å²) >= 11 is 0. The number of hydrogen-bond donors (Lipinski definition) is 0. The summed E-state index contributed by atoms with van der Waals surface area (Å²) in [6.07, 6.45) is 11.4. The first-order valence-corrected chi connectivity index (χ1v) is 11.0. The first-order chi connectivity index (χ1) is 13.7. The van der Waals surface area contributed by atoms with Gasteiger partial charge < -0.3 is 4.90 Å². The molecule has 3 aliphatic rings. The normalized spacial score (nSPS) is 30.4. The number of likely N-dealkylation sites (tertiary alicyclic amines) is 1. The van der Waals surface area contributed by atoms with Crippen molar-refractivity contribution >= 4 is 11.6 Å². The Kier molecular flexibility index (Phi) is 4.62. The van der Waals surface area contributed by atoms with Gasteiger partial charge in [0.25, 0.3) is 5.91 Å². The van der Waals surface area contributed by atoms with Crippen molar-refractivity contribution in [1.29, 1.82) is 0 Å². The molecule has 4 atom stereocenters. The van der Waals surface area contributed by atoms with Gasteiger partial charge in [0.2, 0.25) is 0 Å². The maximum atomic E-state index is 13.4. The number of rotatable bonds is 3. The lowest BCUT2D eigenvalue weighted by atomic mass is 9.74. The third-order valence-corrected chi connectivity index (χ3v) is 7.31. The highest BCUT2D eigenvalue weighted by Gasteiger charge is 2.45. The summed E-state index contributed by atoms with van der Waals surface area (Å²) in [5, 5.41) is 4.32. The van der Waals surface area contributed by atoms with Crippen LogP contribution in [0, 0.1) is 18.8 Å². The van der Waals surface area contributed by atoms with Crippen molar-refractivity contribution < 1.29 is 4.79 Å². The number of carbonyl (C=O) groups is 1. The van der Waals surface area contributed by atoms with E-state index in [1.54, 1.807) is 16.9 Å². The van der Waals surface area contributed by atoms with Gasteiger partial charge in [-0.2, -0.15) is 5.10 Å². The van der Waals surface area contributed by atoms with Crippen molar-refractivity contribution in [3.8, 4) is 0 Å². The molecule has 1 amide bonds. The molecule has 0 N–H and O–H groups in total. The van der Waals surface area contributed by atoms with Crippen molar-refractivity contribution in [2.45, 2.75) is 64.5 Å². The van der Waals surface area contributed by atoms with Crippen molar-refractivity contribution in [1.82, 2.24) is 24.4 Å². The Morgan fingerprint density at radius 3 is 3.00 bits per heavy atom. The first kappa shape index (κ1) is 18.1. The number of nitrogens with zero attached hydrogens (tertiary/aromatic N) is 5. The standard InChI is InChI=1S/C22H31N5O/c1-3-5-18-6-4-7-20-17-10-16(13-26(18)20)12-25(14-17)22(28)19-11-23-21-8-9-24-27(21)15(19)2/h8-9,11,16-18,20H,3-7,10,12-14H2,1-2H3/t16-,17+,18-,20-/m0/s1. The maximum Gasteiger partial charge on any atom is 0.257 e. The molecule has 150 valence electrons. The predicted octanol–water partition coefficient (Wildman–Crippen LogP) is 3.15. The van der Waals surface area contributed by atoms with Gasteiger partial charge in [-0.3, -0.25) is 9.69 Å². The number of fused-ring (bicyclic) bond motifs is 5. The molecule has 2 aromatic heterocycles. The van der Waals surface area contributed by atoms with E-state index in [2.05, 4.69) is 26.8 Å². The number of aryl methyl sites for hydroxylation is 1. The number of piperidine rings is 3. The summed E-state index contributed by atoms with van der Waals surface area (Å²) in [6, 6.07) is 3.31. The van der Waals surface area contributed by atoms with Crippen LogP contribution in [0.15, 0.2) is 18.5 Å². The Morgan fingerprint density at radius 2 is 2.14 bits per heavy atom. The van der Waals surface area contributed by atoms with Crippen LogP contribution >= 0.6 is 0 Å². The van der Waals surface area contributed by atoms with Gasteiger partial charge in [-0.15, -0.1) is 0 Å². The van der Waals surface area contributed by atoms with E-state index >= 15 is 0 Å². The smallest absolute Gasteiger partial charge is 0.257 e. The third-order valence-electron chi connectivity index (χ3n) is 7.31. The molecule has 5 rings (SSSR count). The van der Waals surface area contributed by atoms with Gasteiger partial charge >= 0.3 is 0 Å². The van der Waals surface area contributed by atoms with Crippen LogP contribution in [0.3, 0.4) is 0 Å². The van der Waals surface area contributed by atoms with Crippen LogP contribution in [0.5, 0.6) is 0 Å². The summed E-state index contributed by atoms with van der Waals surface area (Å²) in [7, 11) is 0. The van der Waals surface area contributed by atoms with E-state index in [0.717, 1.165) is 30.5 Å². The molecule has 3 fully saturated rings. The molecule has 0 unspecified atom stereocenters. The number of carbonyl (C=O) groups excluding carboxylic acids is 1. The van der Waals surface area contributed by atoms with Crippen LogP contribution in [0.2, 0.25) is 0 Å². The average molecular weight is 382 g/mol. The number of hydrogen-bond acceptors (Lipinski definition) is 4. The predicted molar refractivity (Wildman–Crippen MR) is 108 cm³/mol. The van der Waals surface area contributed by atoms with E-state index in [9.17, 15) is 4.79 Å². The molecular formula is C22H31N5O. The van der Waals surface area contributed by atoms with E-state index in [0.29, 0.717) is 23.4 Å². The van der Waals surface area contributed by atoms with Gasteiger partial charge in [0, 0.05) is 44.0 Å². The zero-order valence-electron chi connectivity index (χ0n) is 17.0. The molecule has 6 heteroatoms. The second-order valence-electron chi connectivity index (χ2n) is 9.07. The minimum Gasteiger partial charge on any atom is -0.338 e. The SMILES string of the molecule is CCC[C@H]1CCC[C@H]2[C@@H]3C[C@@H](CN(C(=O)c4cnc5ccnn5c4C)C3)CN12. The summed E-state index contributed by atoms with van der Waals surface area (Å²) in [4.78, 5) is 22.7. The van der Waals surface area contributed by atoms with Crippen molar-refractivity contribution in [3.63, 3.8) is 0 Å². The molecule has 5 heterocycles. The average Bonchev–Trinajstić information content (AvgIpc) is 3.18. The van der Waals surface area contributed by atoms with Crippen molar-refractivity contribution in [2.75, 3.05) is 19.6 Å². The fourth-order valence-electron chi connectivity index (χ4n) is 6.09. The lowest BCUT2D eigenvalue weighted by molar-refractivity contribution is -0.0519. The quantitative estimate of drug-likeness (QED) is 0.820. The van der Waals surface area contributed by atoms with Gasteiger partial charge in [0.15, 0.2) is 5.65 Å². The molecule has 0 aromatic carbocycles. The van der Waals surface area contributed by atoms with Gasteiger partial charge in [-0.25, -0.2) is 9.50 Å². The Labute approximate surface area is 166 Å². The highest BCUT2D eigenvalue weighted by molar-refractivity contribution is 5.95. The lowest BCUT2D eigenvalue weighted by Crippen LogP contribution is -2.62. The van der Waals surface area contributed by atoms with E-state index in [4.69, 9.17) is 0 Å². The molecule has 0 radical (unpaired) electrons. The zero-order valence-corrected chi connectivity index (χ0v) is 17.0. The van der Waals surface area contributed by atoms with Crippen LogP contribution in [0.1, 0.15) is 61.5 Å². The fourth-order valence-corrected chi connectivity index (χ4v) is 6.09. The Hall–Kier alpha value is -1.95. The Balaban J connectivity index is 1.37. The molecule has 3 saturated heterocycles. The zero-order chi connectivity index (χ0) is 19.3. The minimum atomic E-state index is 0.131. The van der Waals surface area contributed by atoms with E-state index in [1.165, 1.54) is 45.1 Å². The molecular weight excluding hydrogens is 350 g/mol. The Morgan fingerprint density at radius 1 is 1.25 bits per heavy atom. The van der Waals surface area contributed by atoms with Gasteiger partial charge in [0.1, 0.15) is 0 Å². The molecule has 2 bridgehead atoms. The molecule has 6 nitrogen and oxygen atoms in total. The largest absolute Gasteiger partial charge is 0.338 e. The van der Waals surface area contributed by atoms with Gasteiger partial charge in [-0.05, 0) is 44.4 Å². The summed E-state index contributed by atoms with van der Waals surface area (Å²) in [5.41, 5.74) is 2.38. The number of aromatic nitrogens is 3. The molecule has 2 aromatic rings. The second-order valence-corrected chi connectivity index (χ2v) is 9.07. The van der Waals surface area contributed by atoms with E-state index in [1.807, 2.05) is 13.0 Å². The molecule has 0 spiro atoms. The van der Waals surface area contributed by atoms with Crippen LogP contribution in [0.25, 0.3) is 5.65 Å². The lowest BCUT2D eigenvalue weighted by Gasteiger charge is -2.55. The highest BCUT2D eigenvalue weighted by Crippen LogP contribution is 2.40. The highest BCUT2D eigenvalue weighted by atomic mass is 16.2. The monoisotopic (exact) mass is 381 g/mol.